The van der Waals surface area contributed by atoms with Gasteiger partial charge >= 0.3 is 11.9 Å². The van der Waals surface area contributed by atoms with Crippen molar-refractivity contribution < 1.29 is 19.1 Å². The second-order valence-corrected chi connectivity index (χ2v) is 3.82. The molecule has 0 fully saturated rings. The number of hydrogen-bond acceptors (Lipinski definition) is 4. The molecule has 4 heteroatoms. The molecule has 0 radical (unpaired) electrons. The highest BCUT2D eigenvalue weighted by Gasteiger charge is 2.48. The summed E-state index contributed by atoms with van der Waals surface area (Å²) in [5, 5.41) is 0. The van der Waals surface area contributed by atoms with Crippen molar-refractivity contribution in [3.63, 3.8) is 0 Å². The number of hydrogen-bond donors (Lipinski definition) is 0. The first-order chi connectivity index (χ1) is 7.06. The van der Waals surface area contributed by atoms with Crippen LogP contribution in [-0.4, -0.2) is 26.2 Å². The second kappa shape index (κ2) is 4.47. The highest BCUT2D eigenvalue weighted by atomic mass is 16.5. The zero-order chi connectivity index (χ0) is 11.5. The van der Waals surface area contributed by atoms with Crippen LogP contribution in [0.3, 0.4) is 0 Å². The van der Waals surface area contributed by atoms with Gasteiger partial charge in [-0.15, -0.1) is 0 Å². The smallest absolute Gasteiger partial charge is 0.323 e. The number of ether oxygens (including phenoxy) is 2. The standard InChI is InChI=1S/C11H16O4/c1-8-4-6-11(7-5-8,9(12)14-2)10(13)15-3/h4H,5-7H2,1-3H3. The predicted octanol–water partition coefficient (Wildman–Crippen LogP) is 1.45. The van der Waals surface area contributed by atoms with Gasteiger partial charge in [0.2, 0.25) is 0 Å². The lowest BCUT2D eigenvalue weighted by molar-refractivity contribution is -0.169. The molecule has 1 aliphatic carbocycles. The molecular formula is C11H16O4. The Hall–Kier alpha value is -1.32. The highest BCUT2D eigenvalue weighted by molar-refractivity contribution is 6.00. The maximum absolute atomic E-state index is 11.6. The van der Waals surface area contributed by atoms with Crippen molar-refractivity contribution in [2.45, 2.75) is 26.2 Å². The van der Waals surface area contributed by atoms with Crippen molar-refractivity contribution in [1.82, 2.24) is 0 Å². The Balaban J connectivity index is 2.98. The quantitative estimate of drug-likeness (QED) is 0.395. The van der Waals surface area contributed by atoms with Crippen LogP contribution >= 0.6 is 0 Å². The third kappa shape index (κ3) is 2.03. The molecule has 0 aromatic rings. The van der Waals surface area contributed by atoms with E-state index in [-0.39, 0.29) is 0 Å². The summed E-state index contributed by atoms with van der Waals surface area (Å²) in [6, 6.07) is 0. The lowest BCUT2D eigenvalue weighted by Gasteiger charge is -2.30. The lowest BCUT2D eigenvalue weighted by Crippen LogP contribution is -2.42. The second-order valence-electron chi connectivity index (χ2n) is 3.82. The summed E-state index contributed by atoms with van der Waals surface area (Å²) in [4.78, 5) is 23.3. The summed E-state index contributed by atoms with van der Waals surface area (Å²) in [5.41, 5.74) is 0.0710. The molecule has 15 heavy (non-hydrogen) atoms. The summed E-state index contributed by atoms with van der Waals surface area (Å²) in [7, 11) is 2.58. The van der Waals surface area contributed by atoms with Crippen molar-refractivity contribution in [2.24, 2.45) is 5.41 Å². The molecule has 0 aromatic carbocycles. The molecule has 0 aliphatic heterocycles. The minimum absolute atomic E-state index is 0.373. The first-order valence-corrected chi connectivity index (χ1v) is 4.89. The summed E-state index contributed by atoms with van der Waals surface area (Å²) in [6.07, 6.45) is 3.47. The monoisotopic (exact) mass is 212 g/mol. The van der Waals surface area contributed by atoms with Gasteiger partial charge in [0.1, 0.15) is 0 Å². The Kier molecular flexibility index (Phi) is 3.50. The molecule has 0 spiro atoms. The molecule has 0 N–H and O–H groups in total. The molecule has 0 bridgehead atoms. The summed E-state index contributed by atoms with van der Waals surface area (Å²) in [6.45, 7) is 1.98. The zero-order valence-corrected chi connectivity index (χ0v) is 9.33. The van der Waals surface area contributed by atoms with E-state index < -0.39 is 17.4 Å². The Morgan fingerprint density at radius 1 is 1.27 bits per heavy atom. The molecule has 0 aromatic heterocycles. The number of allylic oxidation sites excluding steroid dienone is 2. The fraction of sp³-hybridized carbons (Fsp3) is 0.636. The minimum Gasteiger partial charge on any atom is -0.468 e. The van der Waals surface area contributed by atoms with Crippen LogP contribution in [0.25, 0.3) is 0 Å². The van der Waals surface area contributed by atoms with Gasteiger partial charge in [0, 0.05) is 0 Å². The average molecular weight is 212 g/mol. The van der Waals surface area contributed by atoms with Gasteiger partial charge in [-0.1, -0.05) is 11.6 Å². The number of carbonyl (C=O) groups is 2. The van der Waals surface area contributed by atoms with Gasteiger partial charge in [-0.2, -0.15) is 0 Å². The van der Waals surface area contributed by atoms with Crippen molar-refractivity contribution in [2.75, 3.05) is 14.2 Å². The third-order valence-corrected chi connectivity index (χ3v) is 2.90. The minimum atomic E-state index is -1.12. The lowest BCUT2D eigenvalue weighted by atomic mass is 9.75. The third-order valence-electron chi connectivity index (χ3n) is 2.90. The molecule has 1 aliphatic rings. The Morgan fingerprint density at radius 2 is 1.80 bits per heavy atom. The van der Waals surface area contributed by atoms with E-state index in [9.17, 15) is 9.59 Å². The first-order valence-electron chi connectivity index (χ1n) is 4.89. The van der Waals surface area contributed by atoms with Crippen LogP contribution in [0.15, 0.2) is 11.6 Å². The van der Waals surface area contributed by atoms with Gasteiger partial charge in [-0.25, -0.2) is 0 Å². The van der Waals surface area contributed by atoms with Crippen molar-refractivity contribution >= 4 is 11.9 Å². The molecule has 0 unspecified atom stereocenters. The topological polar surface area (TPSA) is 52.6 Å². The van der Waals surface area contributed by atoms with Gasteiger partial charge in [0.25, 0.3) is 0 Å². The Morgan fingerprint density at radius 3 is 2.13 bits per heavy atom. The van der Waals surface area contributed by atoms with Gasteiger partial charge in [0.15, 0.2) is 5.41 Å². The summed E-state index contributed by atoms with van der Waals surface area (Å²) in [5.74, 6) is -1.00. The molecule has 0 amide bonds. The normalized spacial score (nSPS) is 19.0. The van der Waals surface area contributed by atoms with Crippen molar-refractivity contribution in [3.8, 4) is 0 Å². The van der Waals surface area contributed by atoms with E-state index >= 15 is 0 Å². The van der Waals surface area contributed by atoms with E-state index in [0.29, 0.717) is 12.8 Å². The van der Waals surface area contributed by atoms with Gasteiger partial charge in [-0.3, -0.25) is 9.59 Å². The van der Waals surface area contributed by atoms with Crippen molar-refractivity contribution in [3.05, 3.63) is 11.6 Å². The molecule has 0 saturated carbocycles. The van der Waals surface area contributed by atoms with E-state index in [0.717, 1.165) is 6.42 Å². The number of esters is 2. The largest absolute Gasteiger partial charge is 0.468 e. The summed E-state index contributed by atoms with van der Waals surface area (Å²) < 4.78 is 9.36. The maximum Gasteiger partial charge on any atom is 0.323 e. The van der Waals surface area contributed by atoms with Crippen LogP contribution in [0.1, 0.15) is 26.2 Å². The first kappa shape index (κ1) is 11.8. The predicted molar refractivity (Wildman–Crippen MR) is 54.1 cm³/mol. The van der Waals surface area contributed by atoms with Crippen LogP contribution < -0.4 is 0 Å². The van der Waals surface area contributed by atoms with E-state index in [4.69, 9.17) is 0 Å². The van der Waals surface area contributed by atoms with Crippen LogP contribution in [0.4, 0.5) is 0 Å². The van der Waals surface area contributed by atoms with Crippen LogP contribution in [0.5, 0.6) is 0 Å². The Labute approximate surface area is 89.2 Å². The fourth-order valence-electron chi connectivity index (χ4n) is 1.81. The molecule has 0 atom stereocenters. The van der Waals surface area contributed by atoms with E-state index in [1.807, 2.05) is 13.0 Å². The molecule has 84 valence electrons. The highest BCUT2D eigenvalue weighted by Crippen LogP contribution is 2.37. The van der Waals surface area contributed by atoms with Crippen LogP contribution in [0.2, 0.25) is 0 Å². The summed E-state index contributed by atoms with van der Waals surface area (Å²) >= 11 is 0. The molecule has 4 nitrogen and oxygen atoms in total. The van der Waals surface area contributed by atoms with Gasteiger partial charge in [-0.05, 0) is 26.2 Å². The average Bonchev–Trinajstić information content (AvgIpc) is 2.28. The van der Waals surface area contributed by atoms with Crippen LogP contribution in [0, 0.1) is 5.41 Å². The number of carbonyl (C=O) groups excluding carboxylic acids is 2. The number of methoxy groups -OCH3 is 2. The zero-order valence-electron chi connectivity index (χ0n) is 9.33. The number of rotatable bonds is 2. The fourth-order valence-corrected chi connectivity index (χ4v) is 1.81. The molecule has 0 heterocycles. The molecule has 0 saturated heterocycles. The van der Waals surface area contributed by atoms with Gasteiger partial charge in [0.05, 0.1) is 14.2 Å². The van der Waals surface area contributed by atoms with Crippen molar-refractivity contribution in [1.29, 1.82) is 0 Å². The maximum atomic E-state index is 11.6. The van der Waals surface area contributed by atoms with Gasteiger partial charge < -0.3 is 9.47 Å². The van der Waals surface area contributed by atoms with Crippen LogP contribution in [-0.2, 0) is 19.1 Å². The molecular weight excluding hydrogens is 196 g/mol. The van der Waals surface area contributed by atoms with E-state index in [1.165, 1.54) is 19.8 Å². The Bertz CT molecular complexity index is 288. The van der Waals surface area contributed by atoms with E-state index in [1.54, 1.807) is 0 Å². The molecule has 1 rings (SSSR count). The SMILES string of the molecule is COC(=O)C1(C(=O)OC)CC=C(C)CC1. The van der Waals surface area contributed by atoms with E-state index in [2.05, 4.69) is 9.47 Å².